The van der Waals surface area contributed by atoms with E-state index in [1.165, 1.54) is 0 Å². The molecule has 94 valence electrons. The Kier molecular flexibility index (Phi) is 2.98. The van der Waals surface area contributed by atoms with Crippen LogP contribution in [0.25, 0.3) is 10.9 Å². The van der Waals surface area contributed by atoms with Crippen LogP contribution in [-0.4, -0.2) is 16.1 Å². The van der Waals surface area contributed by atoms with Gasteiger partial charge in [0.15, 0.2) is 0 Å². The zero-order chi connectivity index (χ0) is 13.1. The quantitative estimate of drug-likeness (QED) is 0.751. The second kappa shape index (κ2) is 4.94. The first kappa shape index (κ1) is 11.5. The van der Waals surface area contributed by atoms with Gasteiger partial charge < -0.3 is 5.32 Å². The summed E-state index contributed by atoms with van der Waals surface area (Å²) in [4.78, 5) is 12.2. The number of carbonyl (C=O) groups is 1. The molecule has 2 aromatic carbocycles. The molecule has 2 N–H and O–H groups in total. The largest absolute Gasteiger partial charge is 0.348 e. The Morgan fingerprint density at radius 2 is 1.95 bits per heavy atom. The van der Waals surface area contributed by atoms with Crippen molar-refractivity contribution in [3.8, 4) is 0 Å². The number of aromatic amines is 1. The number of hydrogen-bond donors (Lipinski definition) is 2. The molecule has 0 fully saturated rings. The molecule has 1 amide bonds. The lowest BCUT2D eigenvalue weighted by Crippen LogP contribution is -2.22. The Morgan fingerprint density at radius 1 is 1.11 bits per heavy atom. The van der Waals surface area contributed by atoms with E-state index in [0.29, 0.717) is 12.1 Å². The molecule has 4 heteroatoms. The smallest absolute Gasteiger partial charge is 0.252 e. The number of nitrogens with one attached hydrogen (secondary N) is 2. The molecule has 3 aromatic rings. The van der Waals surface area contributed by atoms with Gasteiger partial charge in [0.05, 0.1) is 17.3 Å². The SMILES string of the molecule is O=C(NCc1ccccc1)c1cccc2[nH]ncc12. The van der Waals surface area contributed by atoms with Crippen molar-refractivity contribution < 1.29 is 4.79 Å². The molecule has 0 aliphatic rings. The van der Waals surface area contributed by atoms with Crippen LogP contribution < -0.4 is 5.32 Å². The highest BCUT2D eigenvalue weighted by Gasteiger charge is 2.10. The Morgan fingerprint density at radius 3 is 2.79 bits per heavy atom. The van der Waals surface area contributed by atoms with Crippen LogP contribution in [0.5, 0.6) is 0 Å². The maximum Gasteiger partial charge on any atom is 0.252 e. The monoisotopic (exact) mass is 251 g/mol. The van der Waals surface area contributed by atoms with E-state index < -0.39 is 0 Å². The summed E-state index contributed by atoms with van der Waals surface area (Å²) >= 11 is 0. The lowest BCUT2D eigenvalue weighted by atomic mass is 10.1. The van der Waals surface area contributed by atoms with Crippen molar-refractivity contribution in [3.05, 3.63) is 65.9 Å². The summed E-state index contributed by atoms with van der Waals surface area (Å²) in [5.41, 5.74) is 2.59. The van der Waals surface area contributed by atoms with Gasteiger partial charge in [-0.2, -0.15) is 5.10 Å². The van der Waals surface area contributed by atoms with E-state index in [-0.39, 0.29) is 5.91 Å². The van der Waals surface area contributed by atoms with Gasteiger partial charge in [-0.1, -0.05) is 36.4 Å². The number of rotatable bonds is 3. The van der Waals surface area contributed by atoms with Crippen molar-refractivity contribution in [2.45, 2.75) is 6.54 Å². The summed E-state index contributed by atoms with van der Waals surface area (Å²) in [6.07, 6.45) is 1.67. The predicted molar refractivity (Wildman–Crippen MR) is 73.7 cm³/mol. The van der Waals surface area contributed by atoms with Gasteiger partial charge in [-0.15, -0.1) is 0 Å². The maximum atomic E-state index is 12.2. The Bertz CT molecular complexity index is 703. The molecule has 0 aliphatic heterocycles. The lowest BCUT2D eigenvalue weighted by Gasteiger charge is -2.06. The van der Waals surface area contributed by atoms with Crippen molar-refractivity contribution in [3.63, 3.8) is 0 Å². The molecule has 0 spiro atoms. The maximum absolute atomic E-state index is 12.2. The molecular weight excluding hydrogens is 238 g/mol. The Hall–Kier alpha value is -2.62. The normalized spacial score (nSPS) is 10.5. The van der Waals surface area contributed by atoms with Gasteiger partial charge in [-0.05, 0) is 17.7 Å². The molecular formula is C15H13N3O. The van der Waals surface area contributed by atoms with E-state index in [9.17, 15) is 4.79 Å². The van der Waals surface area contributed by atoms with Gasteiger partial charge in [0.25, 0.3) is 5.91 Å². The van der Waals surface area contributed by atoms with Crippen LogP contribution in [0.15, 0.2) is 54.7 Å². The van der Waals surface area contributed by atoms with Gasteiger partial charge in [-0.25, -0.2) is 0 Å². The second-order valence-corrected chi connectivity index (χ2v) is 4.31. The van der Waals surface area contributed by atoms with Crippen LogP contribution >= 0.6 is 0 Å². The summed E-state index contributed by atoms with van der Waals surface area (Å²) in [5.74, 6) is -0.0872. The van der Waals surface area contributed by atoms with Gasteiger partial charge in [0, 0.05) is 11.9 Å². The van der Waals surface area contributed by atoms with Crippen LogP contribution in [0.2, 0.25) is 0 Å². The number of benzene rings is 2. The number of fused-ring (bicyclic) bond motifs is 1. The standard InChI is InChI=1S/C15H13N3O/c19-15(16-9-11-5-2-1-3-6-11)12-7-4-8-14-13(12)10-17-18-14/h1-8,10H,9H2,(H,16,19)(H,17,18). The zero-order valence-corrected chi connectivity index (χ0v) is 10.3. The van der Waals surface area contributed by atoms with Crippen molar-refractivity contribution >= 4 is 16.8 Å². The number of aromatic nitrogens is 2. The van der Waals surface area contributed by atoms with Crippen molar-refractivity contribution in [1.29, 1.82) is 0 Å². The molecule has 0 radical (unpaired) electrons. The highest BCUT2D eigenvalue weighted by Crippen LogP contribution is 2.15. The van der Waals surface area contributed by atoms with E-state index in [0.717, 1.165) is 16.5 Å². The minimum absolute atomic E-state index is 0.0872. The topological polar surface area (TPSA) is 57.8 Å². The molecule has 0 saturated carbocycles. The van der Waals surface area contributed by atoms with E-state index in [4.69, 9.17) is 0 Å². The lowest BCUT2D eigenvalue weighted by molar-refractivity contribution is 0.0952. The fraction of sp³-hybridized carbons (Fsp3) is 0.0667. The Balaban J connectivity index is 1.79. The summed E-state index contributed by atoms with van der Waals surface area (Å²) in [7, 11) is 0. The first-order valence-electron chi connectivity index (χ1n) is 6.09. The van der Waals surface area contributed by atoms with Gasteiger partial charge in [0.2, 0.25) is 0 Å². The van der Waals surface area contributed by atoms with Gasteiger partial charge in [0.1, 0.15) is 0 Å². The van der Waals surface area contributed by atoms with Gasteiger partial charge >= 0.3 is 0 Å². The van der Waals surface area contributed by atoms with E-state index in [1.54, 1.807) is 12.3 Å². The van der Waals surface area contributed by atoms with Gasteiger partial charge in [-0.3, -0.25) is 9.89 Å². The minimum atomic E-state index is -0.0872. The molecule has 0 aliphatic carbocycles. The number of amides is 1. The predicted octanol–water partition coefficient (Wildman–Crippen LogP) is 2.49. The summed E-state index contributed by atoms with van der Waals surface area (Å²) in [6, 6.07) is 15.4. The molecule has 0 unspecified atom stereocenters. The first-order chi connectivity index (χ1) is 9.34. The summed E-state index contributed by atoms with van der Waals surface area (Å²) in [6.45, 7) is 0.522. The first-order valence-corrected chi connectivity index (χ1v) is 6.09. The number of carbonyl (C=O) groups excluding carboxylic acids is 1. The van der Waals surface area contributed by atoms with Crippen molar-refractivity contribution in [2.75, 3.05) is 0 Å². The highest BCUT2D eigenvalue weighted by atomic mass is 16.1. The molecule has 1 heterocycles. The zero-order valence-electron chi connectivity index (χ0n) is 10.3. The molecule has 0 atom stereocenters. The number of H-pyrrole nitrogens is 1. The van der Waals surface area contributed by atoms with Crippen molar-refractivity contribution in [1.82, 2.24) is 15.5 Å². The highest BCUT2D eigenvalue weighted by molar-refractivity contribution is 6.05. The van der Waals surface area contributed by atoms with Crippen LogP contribution in [0.4, 0.5) is 0 Å². The summed E-state index contributed by atoms with van der Waals surface area (Å²) < 4.78 is 0. The Labute approximate surface area is 110 Å². The molecule has 19 heavy (non-hydrogen) atoms. The van der Waals surface area contributed by atoms with E-state index in [2.05, 4.69) is 15.5 Å². The fourth-order valence-corrected chi connectivity index (χ4v) is 2.04. The van der Waals surface area contributed by atoms with Crippen molar-refractivity contribution in [2.24, 2.45) is 0 Å². The third kappa shape index (κ3) is 2.33. The number of hydrogen-bond acceptors (Lipinski definition) is 2. The van der Waals surface area contributed by atoms with Crippen LogP contribution in [0.3, 0.4) is 0 Å². The van der Waals surface area contributed by atoms with Crippen LogP contribution in [0, 0.1) is 0 Å². The molecule has 0 saturated heterocycles. The summed E-state index contributed by atoms with van der Waals surface area (Å²) in [5, 5.41) is 10.6. The second-order valence-electron chi connectivity index (χ2n) is 4.31. The van der Waals surface area contributed by atoms with E-state index >= 15 is 0 Å². The molecule has 1 aromatic heterocycles. The van der Waals surface area contributed by atoms with E-state index in [1.807, 2.05) is 42.5 Å². The third-order valence-corrected chi connectivity index (χ3v) is 3.03. The van der Waals surface area contributed by atoms with Crippen LogP contribution in [0.1, 0.15) is 15.9 Å². The number of nitrogens with zero attached hydrogens (tertiary/aromatic N) is 1. The van der Waals surface area contributed by atoms with Crippen LogP contribution in [-0.2, 0) is 6.54 Å². The fourth-order valence-electron chi connectivity index (χ4n) is 2.04. The minimum Gasteiger partial charge on any atom is -0.348 e. The molecule has 0 bridgehead atoms. The molecule has 4 nitrogen and oxygen atoms in total. The average Bonchev–Trinajstić information content (AvgIpc) is 2.94. The third-order valence-electron chi connectivity index (χ3n) is 3.03. The molecule has 3 rings (SSSR count). The average molecular weight is 251 g/mol.